The van der Waals surface area contributed by atoms with Crippen molar-refractivity contribution in [2.45, 2.75) is 64.1 Å². The second kappa shape index (κ2) is 7.89. The maximum atomic E-state index is 11.4. The van der Waals surface area contributed by atoms with Gasteiger partial charge >= 0.3 is 0 Å². The molecular weight excluding hydrogens is 288 g/mol. The Bertz CT molecular complexity index is 383. The zero-order valence-electron chi connectivity index (χ0n) is 14.1. The van der Waals surface area contributed by atoms with Crippen molar-refractivity contribution in [1.29, 1.82) is 5.26 Å². The van der Waals surface area contributed by atoms with Crippen LogP contribution in [0.25, 0.3) is 0 Å². The lowest BCUT2D eigenvalue weighted by molar-refractivity contribution is -0.122. The molecule has 0 aliphatic heterocycles. The first kappa shape index (κ1) is 20.1. The first-order valence-corrected chi connectivity index (χ1v) is 9.89. The third-order valence-electron chi connectivity index (χ3n) is 3.93. The highest BCUT2D eigenvalue weighted by Crippen LogP contribution is 2.37. The summed E-state index contributed by atoms with van der Waals surface area (Å²) in [5.74, 6) is -0.297. The molecule has 2 N–H and O–H groups in total. The Morgan fingerprint density at radius 3 is 2.24 bits per heavy atom. The standard InChI is InChI=1S/C14H28N2O4Si/c1-10(18)16-13(12(9-17)19-5)11(8-15)20-21(6,7)14(2,3)4/h11-13,17H,9H2,1-7H3,(H,16,18)/t11-,12+,13+/m1/s1. The smallest absolute Gasteiger partial charge is 0.217 e. The Hall–Kier alpha value is -0.943. The lowest BCUT2D eigenvalue weighted by Gasteiger charge is -2.40. The number of ether oxygens (including phenoxy) is 1. The number of rotatable bonds is 7. The van der Waals surface area contributed by atoms with Crippen molar-refractivity contribution < 1.29 is 19.1 Å². The van der Waals surface area contributed by atoms with E-state index in [0.717, 1.165) is 0 Å². The highest BCUT2D eigenvalue weighted by molar-refractivity contribution is 6.74. The van der Waals surface area contributed by atoms with E-state index in [-0.39, 0.29) is 17.6 Å². The summed E-state index contributed by atoms with van der Waals surface area (Å²) < 4.78 is 11.2. The van der Waals surface area contributed by atoms with Crippen LogP contribution in [0.15, 0.2) is 0 Å². The molecular formula is C14H28N2O4Si. The molecule has 0 bridgehead atoms. The molecule has 0 radical (unpaired) electrons. The SMILES string of the molecule is CO[C@@H](CO)[C@@H](NC(C)=O)[C@@H](C#N)O[Si](C)(C)C(C)(C)C. The normalized spacial score (nSPS) is 16.7. The van der Waals surface area contributed by atoms with Crippen LogP contribution in [0.1, 0.15) is 27.7 Å². The van der Waals surface area contributed by atoms with Gasteiger partial charge in [-0.05, 0) is 18.1 Å². The fourth-order valence-corrected chi connectivity index (χ4v) is 2.79. The van der Waals surface area contributed by atoms with E-state index in [2.05, 4.69) is 32.2 Å². The van der Waals surface area contributed by atoms with Gasteiger partial charge in [0.15, 0.2) is 14.4 Å². The van der Waals surface area contributed by atoms with Gasteiger partial charge in [0.1, 0.15) is 6.10 Å². The second-order valence-electron chi connectivity index (χ2n) is 6.61. The lowest BCUT2D eigenvalue weighted by Crippen LogP contribution is -2.56. The van der Waals surface area contributed by atoms with Crippen molar-refractivity contribution in [2.24, 2.45) is 0 Å². The summed E-state index contributed by atoms with van der Waals surface area (Å²) in [7, 11) is -0.758. The predicted octanol–water partition coefficient (Wildman–Crippen LogP) is 1.41. The maximum Gasteiger partial charge on any atom is 0.217 e. The minimum absolute atomic E-state index is 0.0648. The first-order chi connectivity index (χ1) is 9.50. The van der Waals surface area contributed by atoms with Crippen LogP contribution in [0.4, 0.5) is 0 Å². The molecule has 0 aromatic rings. The van der Waals surface area contributed by atoms with Gasteiger partial charge in [0.2, 0.25) is 5.91 Å². The number of nitriles is 1. The lowest BCUT2D eigenvalue weighted by atomic mass is 10.1. The van der Waals surface area contributed by atoms with Crippen LogP contribution in [0.2, 0.25) is 18.1 Å². The number of hydrogen-bond acceptors (Lipinski definition) is 5. The van der Waals surface area contributed by atoms with Gasteiger partial charge in [0.25, 0.3) is 0 Å². The maximum absolute atomic E-state index is 11.4. The summed E-state index contributed by atoms with van der Waals surface area (Å²) in [6.07, 6.45) is -1.56. The number of nitrogens with zero attached hydrogens (tertiary/aromatic N) is 1. The summed E-state index contributed by atoms with van der Waals surface area (Å²) >= 11 is 0. The van der Waals surface area contributed by atoms with Crippen LogP contribution in [-0.4, -0.2) is 51.3 Å². The van der Waals surface area contributed by atoms with Crippen LogP contribution in [0.5, 0.6) is 0 Å². The molecule has 3 atom stereocenters. The number of carbonyl (C=O) groups excluding carboxylic acids is 1. The van der Waals surface area contributed by atoms with Crippen LogP contribution in [0, 0.1) is 11.3 Å². The van der Waals surface area contributed by atoms with E-state index in [1.165, 1.54) is 14.0 Å². The zero-order valence-corrected chi connectivity index (χ0v) is 15.1. The quantitative estimate of drug-likeness (QED) is 0.693. The summed E-state index contributed by atoms with van der Waals surface area (Å²) in [6, 6.07) is 1.38. The molecule has 6 nitrogen and oxygen atoms in total. The number of nitrogens with one attached hydrogen (secondary N) is 1. The summed E-state index contributed by atoms with van der Waals surface area (Å²) in [5, 5.41) is 21.4. The van der Waals surface area contributed by atoms with Gasteiger partial charge in [-0.25, -0.2) is 0 Å². The largest absolute Gasteiger partial charge is 0.400 e. The molecule has 7 heteroatoms. The number of aliphatic hydroxyl groups is 1. The summed E-state index contributed by atoms with van der Waals surface area (Å²) in [4.78, 5) is 11.4. The van der Waals surface area contributed by atoms with Crippen molar-refractivity contribution in [3.05, 3.63) is 0 Å². The molecule has 0 heterocycles. The minimum atomic E-state index is -2.19. The monoisotopic (exact) mass is 316 g/mol. The average Bonchev–Trinajstić information content (AvgIpc) is 2.34. The molecule has 0 aliphatic carbocycles. The zero-order chi connectivity index (χ0) is 16.8. The van der Waals surface area contributed by atoms with Gasteiger partial charge in [0.05, 0.1) is 18.7 Å². The van der Waals surface area contributed by atoms with Crippen molar-refractivity contribution >= 4 is 14.2 Å². The molecule has 0 saturated carbocycles. The van der Waals surface area contributed by atoms with E-state index >= 15 is 0 Å². The third kappa shape index (κ3) is 5.75. The molecule has 0 aromatic heterocycles. The number of methoxy groups -OCH3 is 1. The molecule has 0 saturated heterocycles. The molecule has 0 aromatic carbocycles. The molecule has 21 heavy (non-hydrogen) atoms. The highest BCUT2D eigenvalue weighted by atomic mass is 28.4. The Morgan fingerprint density at radius 2 is 1.95 bits per heavy atom. The number of aliphatic hydroxyl groups excluding tert-OH is 1. The fraction of sp³-hybridized carbons (Fsp3) is 0.857. The number of hydrogen-bond donors (Lipinski definition) is 2. The summed E-state index contributed by atoms with van der Waals surface area (Å²) in [6.45, 7) is 11.3. The van der Waals surface area contributed by atoms with Gasteiger partial charge < -0.3 is 19.6 Å². The van der Waals surface area contributed by atoms with Gasteiger partial charge in [-0.3, -0.25) is 4.79 Å². The van der Waals surface area contributed by atoms with Crippen LogP contribution < -0.4 is 5.32 Å². The van der Waals surface area contributed by atoms with Gasteiger partial charge in [0, 0.05) is 14.0 Å². The van der Waals surface area contributed by atoms with Crippen molar-refractivity contribution in [3.8, 4) is 6.07 Å². The van der Waals surface area contributed by atoms with E-state index in [4.69, 9.17) is 9.16 Å². The van der Waals surface area contributed by atoms with E-state index in [9.17, 15) is 15.2 Å². The Labute approximate surface area is 128 Å². The van der Waals surface area contributed by atoms with Gasteiger partial charge in [-0.2, -0.15) is 5.26 Å². The van der Waals surface area contributed by atoms with Crippen molar-refractivity contribution in [1.82, 2.24) is 5.32 Å². The predicted molar refractivity (Wildman–Crippen MR) is 83.2 cm³/mol. The number of amides is 1. The van der Waals surface area contributed by atoms with Crippen molar-refractivity contribution in [3.63, 3.8) is 0 Å². The molecule has 0 aliphatic rings. The molecule has 0 rings (SSSR count). The molecule has 0 fully saturated rings. The highest BCUT2D eigenvalue weighted by Gasteiger charge is 2.42. The van der Waals surface area contributed by atoms with Gasteiger partial charge in [-0.15, -0.1) is 0 Å². The Kier molecular flexibility index (Phi) is 7.54. The second-order valence-corrected chi connectivity index (χ2v) is 11.4. The first-order valence-electron chi connectivity index (χ1n) is 6.98. The Morgan fingerprint density at radius 1 is 1.43 bits per heavy atom. The molecule has 0 spiro atoms. The number of carbonyl (C=O) groups is 1. The van der Waals surface area contributed by atoms with Crippen LogP contribution >= 0.6 is 0 Å². The van der Waals surface area contributed by atoms with Crippen molar-refractivity contribution in [2.75, 3.05) is 13.7 Å². The van der Waals surface area contributed by atoms with E-state index < -0.39 is 26.6 Å². The molecule has 0 unspecified atom stereocenters. The fourth-order valence-electron chi connectivity index (χ4n) is 1.61. The van der Waals surface area contributed by atoms with E-state index in [1.54, 1.807) is 0 Å². The van der Waals surface area contributed by atoms with Crippen LogP contribution in [0.3, 0.4) is 0 Å². The Balaban J connectivity index is 5.34. The third-order valence-corrected chi connectivity index (χ3v) is 8.39. The minimum Gasteiger partial charge on any atom is -0.400 e. The van der Waals surface area contributed by atoms with E-state index in [1.807, 2.05) is 13.1 Å². The summed E-state index contributed by atoms with van der Waals surface area (Å²) in [5.41, 5.74) is 0. The van der Waals surface area contributed by atoms with Crippen LogP contribution in [-0.2, 0) is 14.0 Å². The van der Waals surface area contributed by atoms with Gasteiger partial charge in [-0.1, -0.05) is 20.8 Å². The van der Waals surface area contributed by atoms with E-state index in [0.29, 0.717) is 0 Å². The average molecular weight is 316 g/mol. The topological polar surface area (TPSA) is 91.6 Å². The molecule has 122 valence electrons. The molecule has 1 amide bonds.